The Balaban J connectivity index is 2.74. The first-order chi connectivity index (χ1) is 4.20. The van der Waals surface area contributed by atoms with Crippen LogP contribution in [0.5, 0.6) is 0 Å². The predicted molar refractivity (Wildman–Crippen MR) is 38.8 cm³/mol. The van der Waals surface area contributed by atoms with E-state index in [0.717, 1.165) is 4.61 Å². The molecule has 1 aliphatic rings. The van der Waals surface area contributed by atoms with Crippen molar-refractivity contribution in [2.75, 3.05) is 0 Å². The highest BCUT2D eigenvalue weighted by molar-refractivity contribution is 9.11. The number of aliphatic hydroxyl groups is 1. The lowest BCUT2D eigenvalue weighted by Crippen LogP contribution is -2.38. The maximum Gasteiger partial charge on any atom is 0.134 e. The molecule has 0 saturated carbocycles. The zero-order valence-electron chi connectivity index (χ0n) is 4.63. The number of dihydropyridines is 1. The summed E-state index contributed by atoms with van der Waals surface area (Å²) in [7, 11) is 0. The summed E-state index contributed by atoms with van der Waals surface area (Å²) in [6.07, 6.45) is 2.77. The Bertz CT molecular complexity index is 176. The van der Waals surface area contributed by atoms with E-state index in [1.807, 2.05) is 0 Å². The van der Waals surface area contributed by atoms with Gasteiger partial charge in [-0.15, -0.1) is 0 Å². The van der Waals surface area contributed by atoms with Crippen LogP contribution in [-0.2, 0) is 0 Å². The largest absolute Gasteiger partial charge is 0.509 e. The molecular weight excluding hydrogens is 184 g/mol. The van der Waals surface area contributed by atoms with Gasteiger partial charge in [-0.25, -0.2) is 0 Å². The molecule has 0 aromatic rings. The number of halogens is 1. The van der Waals surface area contributed by atoms with Crippen molar-refractivity contribution in [1.82, 2.24) is 5.32 Å². The fourth-order valence-electron chi connectivity index (χ4n) is 0.533. The Morgan fingerprint density at radius 3 is 2.78 bits per heavy atom. The molecule has 0 spiro atoms. The normalized spacial score (nSPS) is 26.2. The minimum Gasteiger partial charge on any atom is -0.509 e. The highest BCUT2D eigenvalue weighted by Crippen LogP contribution is 2.08. The Hall–Kier alpha value is -0.480. The summed E-state index contributed by atoms with van der Waals surface area (Å²) in [4.78, 5) is 0. The first-order valence-corrected chi connectivity index (χ1v) is 3.28. The summed E-state index contributed by atoms with van der Waals surface area (Å²) in [6, 6.07) is 0. The van der Waals surface area contributed by atoms with Gasteiger partial charge in [-0.1, -0.05) is 0 Å². The highest BCUT2D eigenvalue weighted by atomic mass is 79.9. The molecule has 50 valence electrons. The van der Waals surface area contributed by atoms with Crippen LogP contribution in [0.4, 0.5) is 0 Å². The second-order valence-electron chi connectivity index (χ2n) is 1.73. The molecule has 4 N–H and O–H groups in total. The number of hydrogen-bond acceptors (Lipinski definition) is 3. The second kappa shape index (κ2) is 2.41. The molecule has 0 aromatic heterocycles. The highest BCUT2D eigenvalue weighted by Gasteiger charge is 2.09. The summed E-state index contributed by atoms with van der Waals surface area (Å²) in [5.74, 6) is 0.151. The first kappa shape index (κ1) is 6.64. The topological polar surface area (TPSA) is 58.3 Å². The maximum atomic E-state index is 8.90. The van der Waals surface area contributed by atoms with Gasteiger partial charge < -0.3 is 16.2 Å². The fourth-order valence-corrected chi connectivity index (χ4v) is 0.912. The van der Waals surface area contributed by atoms with Crippen LogP contribution in [0, 0.1) is 0 Å². The smallest absolute Gasteiger partial charge is 0.134 e. The van der Waals surface area contributed by atoms with Gasteiger partial charge in [-0.2, -0.15) is 0 Å². The quantitative estimate of drug-likeness (QED) is 0.490. The maximum absolute atomic E-state index is 8.90. The van der Waals surface area contributed by atoms with Gasteiger partial charge in [0.15, 0.2) is 0 Å². The summed E-state index contributed by atoms with van der Waals surface area (Å²) in [5.41, 5.74) is 5.37. The van der Waals surface area contributed by atoms with Crippen LogP contribution in [-0.4, -0.2) is 11.3 Å². The number of aliphatic hydroxyl groups excluding tert-OH is 1. The van der Waals surface area contributed by atoms with Crippen molar-refractivity contribution in [2.45, 2.75) is 6.17 Å². The number of nitrogens with two attached hydrogens (primary N) is 1. The molecule has 1 heterocycles. The average Bonchev–Trinajstić information content (AvgIpc) is 1.80. The van der Waals surface area contributed by atoms with Gasteiger partial charge in [0.05, 0.1) is 4.61 Å². The summed E-state index contributed by atoms with van der Waals surface area (Å²) in [6.45, 7) is 0. The molecule has 0 fully saturated rings. The molecule has 0 amide bonds. The van der Waals surface area contributed by atoms with Gasteiger partial charge in [0.2, 0.25) is 0 Å². The van der Waals surface area contributed by atoms with Gasteiger partial charge >= 0.3 is 0 Å². The van der Waals surface area contributed by atoms with E-state index in [4.69, 9.17) is 10.8 Å². The third-order valence-electron chi connectivity index (χ3n) is 1.01. The monoisotopic (exact) mass is 190 g/mol. The Morgan fingerprint density at radius 2 is 2.33 bits per heavy atom. The minimum atomic E-state index is -0.468. The van der Waals surface area contributed by atoms with Crippen molar-refractivity contribution in [2.24, 2.45) is 5.73 Å². The summed E-state index contributed by atoms with van der Waals surface area (Å²) in [5, 5.41) is 11.7. The predicted octanol–water partition coefficient (Wildman–Crippen LogP) is 0.553. The van der Waals surface area contributed by atoms with Crippen molar-refractivity contribution in [3.05, 3.63) is 22.5 Å². The zero-order valence-corrected chi connectivity index (χ0v) is 6.22. The van der Waals surface area contributed by atoms with E-state index < -0.39 is 6.17 Å². The van der Waals surface area contributed by atoms with Crippen LogP contribution in [0.1, 0.15) is 0 Å². The van der Waals surface area contributed by atoms with Gasteiger partial charge in [-0.3, -0.25) is 0 Å². The van der Waals surface area contributed by atoms with Crippen LogP contribution < -0.4 is 11.1 Å². The number of rotatable bonds is 0. The van der Waals surface area contributed by atoms with E-state index in [2.05, 4.69) is 21.2 Å². The Morgan fingerprint density at radius 1 is 1.67 bits per heavy atom. The molecule has 0 radical (unpaired) electrons. The third kappa shape index (κ3) is 1.46. The van der Waals surface area contributed by atoms with Crippen molar-refractivity contribution in [1.29, 1.82) is 0 Å². The van der Waals surface area contributed by atoms with Crippen molar-refractivity contribution >= 4 is 15.9 Å². The van der Waals surface area contributed by atoms with Crippen LogP contribution in [0.25, 0.3) is 0 Å². The molecule has 9 heavy (non-hydrogen) atoms. The molecule has 1 aliphatic heterocycles. The minimum absolute atomic E-state index is 0.151. The van der Waals surface area contributed by atoms with Gasteiger partial charge in [-0.05, 0) is 28.1 Å². The fraction of sp³-hybridized carbons (Fsp3) is 0.200. The lowest BCUT2D eigenvalue weighted by atomic mass is 10.3. The lowest BCUT2D eigenvalue weighted by molar-refractivity contribution is 0.351. The van der Waals surface area contributed by atoms with E-state index in [9.17, 15) is 0 Å². The first-order valence-electron chi connectivity index (χ1n) is 2.48. The molecule has 0 aromatic carbocycles. The number of nitrogens with one attached hydrogen (secondary N) is 1. The SMILES string of the molecule is NC1NC(Br)=CC=C1O. The second-order valence-corrected chi connectivity index (χ2v) is 2.58. The molecule has 0 saturated heterocycles. The van der Waals surface area contributed by atoms with Gasteiger partial charge in [0.25, 0.3) is 0 Å². The molecule has 1 unspecified atom stereocenters. The van der Waals surface area contributed by atoms with Gasteiger partial charge in [0, 0.05) is 0 Å². The molecule has 4 heteroatoms. The van der Waals surface area contributed by atoms with E-state index in [1.165, 1.54) is 0 Å². The van der Waals surface area contributed by atoms with Crippen LogP contribution in [0.3, 0.4) is 0 Å². The zero-order chi connectivity index (χ0) is 6.85. The third-order valence-corrected chi connectivity index (χ3v) is 1.51. The summed E-state index contributed by atoms with van der Waals surface area (Å²) >= 11 is 3.17. The van der Waals surface area contributed by atoms with E-state index in [-0.39, 0.29) is 5.76 Å². The van der Waals surface area contributed by atoms with E-state index in [1.54, 1.807) is 12.2 Å². The summed E-state index contributed by atoms with van der Waals surface area (Å²) < 4.78 is 0.785. The van der Waals surface area contributed by atoms with Crippen molar-refractivity contribution in [3.8, 4) is 0 Å². The standard InChI is InChI=1S/C5H7BrN2O/c6-4-2-1-3(9)5(7)8-4/h1-2,5,8-9H,7H2. The van der Waals surface area contributed by atoms with E-state index in [0.29, 0.717) is 0 Å². The van der Waals surface area contributed by atoms with Crippen molar-refractivity contribution < 1.29 is 5.11 Å². The Labute approximate surface area is 61.4 Å². The van der Waals surface area contributed by atoms with Crippen molar-refractivity contribution in [3.63, 3.8) is 0 Å². The lowest BCUT2D eigenvalue weighted by Gasteiger charge is -2.16. The number of hydrogen-bond donors (Lipinski definition) is 3. The molecule has 0 bridgehead atoms. The Kier molecular flexibility index (Phi) is 1.78. The van der Waals surface area contributed by atoms with Crippen LogP contribution in [0.15, 0.2) is 22.5 Å². The molecule has 1 atom stereocenters. The van der Waals surface area contributed by atoms with E-state index >= 15 is 0 Å². The molecular formula is C5H7BrN2O. The molecule has 3 nitrogen and oxygen atoms in total. The van der Waals surface area contributed by atoms with Crippen LogP contribution >= 0.6 is 15.9 Å². The number of allylic oxidation sites excluding steroid dienone is 2. The average molecular weight is 191 g/mol. The van der Waals surface area contributed by atoms with Crippen LogP contribution in [0.2, 0.25) is 0 Å². The van der Waals surface area contributed by atoms with Gasteiger partial charge in [0.1, 0.15) is 11.9 Å². The molecule has 0 aliphatic carbocycles. The molecule has 1 rings (SSSR count).